The topological polar surface area (TPSA) is 75.7 Å². The lowest BCUT2D eigenvalue weighted by Gasteiger charge is -2.26. The van der Waals surface area contributed by atoms with Crippen LogP contribution in [0.5, 0.6) is 0 Å². The fourth-order valence-electron chi connectivity index (χ4n) is 3.35. The van der Waals surface area contributed by atoms with Crippen LogP contribution in [0.3, 0.4) is 0 Å². The second-order valence-corrected chi connectivity index (χ2v) is 11.7. The van der Waals surface area contributed by atoms with E-state index < -0.39 is 10.0 Å². The molecule has 0 bridgehead atoms. The third-order valence-corrected chi connectivity index (χ3v) is 9.88. The van der Waals surface area contributed by atoms with Crippen molar-refractivity contribution < 1.29 is 17.9 Å². The molecule has 0 saturated carbocycles. The Morgan fingerprint density at radius 3 is 2.43 bits per heavy atom. The molecule has 2 aliphatic heterocycles. The minimum atomic E-state index is -3.61. The maximum atomic E-state index is 12.8. The van der Waals surface area contributed by atoms with E-state index in [1.54, 1.807) is 18.2 Å². The van der Waals surface area contributed by atoms with E-state index in [9.17, 15) is 13.2 Å². The van der Waals surface area contributed by atoms with Crippen LogP contribution in [0.2, 0.25) is 0 Å². The molecule has 0 spiro atoms. The number of carbonyl (C=O) groups is 1. The molecule has 2 aromatic carbocycles. The van der Waals surface area contributed by atoms with E-state index in [1.807, 2.05) is 47.8 Å². The molecule has 2 aliphatic rings. The second-order valence-electron chi connectivity index (χ2n) is 7.05. The van der Waals surface area contributed by atoms with Gasteiger partial charge in [0, 0.05) is 24.3 Å². The van der Waals surface area contributed by atoms with Gasteiger partial charge in [0.2, 0.25) is 10.0 Å². The van der Waals surface area contributed by atoms with Gasteiger partial charge in [-0.1, -0.05) is 18.2 Å². The highest BCUT2D eigenvalue weighted by atomic mass is 32.2. The van der Waals surface area contributed by atoms with Crippen molar-refractivity contribution in [1.82, 2.24) is 4.31 Å². The number of amides is 1. The normalized spacial score (nSPS) is 18.8. The van der Waals surface area contributed by atoms with E-state index in [4.69, 9.17) is 4.74 Å². The van der Waals surface area contributed by atoms with Crippen LogP contribution in [0, 0.1) is 0 Å². The largest absolute Gasteiger partial charge is 0.379 e. The van der Waals surface area contributed by atoms with E-state index in [-0.39, 0.29) is 10.8 Å². The molecule has 0 atom stereocenters. The van der Waals surface area contributed by atoms with Gasteiger partial charge in [-0.3, -0.25) is 4.79 Å². The molecule has 0 unspecified atom stereocenters. The van der Waals surface area contributed by atoms with Crippen LogP contribution < -0.4 is 5.32 Å². The van der Waals surface area contributed by atoms with Crippen LogP contribution in [0.15, 0.2) is 53.4 Å². The summed E-state index contributed by atoms with van der Waals surface area (Å²) in [5, 5.41) is 2.82. The van der Waals surface area contributed by atoms with Crippen LogP contribution in [0.1, 0.15) is 26.9 Å². The molecular formula is C21H24N2O4S3. The van der Waals surface area contributed by atoms with E-state index in [2.05, 4.69) is 5.32 Å². The van der Waals surface area contributed by atoms with Gasteiger partial charge in [0.25, 0.3) is 5.91 Å². The molecule has 1 N–H and O–H groups in total. The summed E-state index contributed by atoms with van der Waals surface area (Å²) in [6, 6.07) is 14.1. The predicted octanol–water partition coefficient (Wildman–Crippen LogP) is 3.83. The maximum Gasteiger partial charge on any atom is 0.255 e. The molecule has 0 aliphatic carbocycles. The maximum absolute atomic E-state index is 12.8. The van der Waals surface area contributed by atoms with Gasteiger partial charge in [0.15, 0.2) is 0 Å². The number of sulfonamides is 1. The zero-order chi connectivity index (χ0) is 21.0. The lowest BCUT2D eigenvalue weighted by atomic mass is 10.1. The van der Waals surface area contributed by atoms with Gasteiger partial charge in [-0.15, -0.1) is 23.5 Å². The van der Waals surface area contributed by atoms with Crippen LogP contribution in [0.4, 0.5) is 5.69 Å². The Labute approximate surface area is 185 Å². The van der Waals surface area contributed by atoms with Crippen molar-refractivity contribution in [2.75, 3.05) is 43.1 Å². The number of nitrogens with one attached hydrogen (secondary N) is 1. The molecule has 2 heterocycles. The van der Waals surface area contributed by atoms with E-state index in [0.29, 0.717) is 42.1 Å². The van der Waals surface area contributed by atoms with Crippen molar-refractivity contribution in [2.45, 2.75) is 15.9 Å². The molecule has 2 fully saturated rings. The zero-order valence-corrected chi connectivity index (χ0v) is 18.9. The van der Waals surface area contributed by atoms with Crippen molar-refractivity contribution in [3.05, 3.63) is 59.7 Å². The summed E-state index contributed by atoms with van der Waals surface area (Å²) in [7, 11) is -3.61. The Morgan fingerprint density at radius 1 is 1.03 bits per heavy atom. The summed E-state index contributed by atoms with van der Waals surface area (Å²) in [5.74, 6) is 2.08. The Bertz CT molecular complexity index is 984. The zero-order valence-electron chi connectivity index (χ0n) is 16.5. The fourth-order valence-corrected chi connectivity index (χ4v) is 7.69. The number of nitrogens with zero attached hydrogens (tertiary/aromatic N) is 1. The predicted molar refractivity (Wildman–Crippen MR) is 123 cm³/mol. The molecule has 160 valence electrons. The van der Waals surface area contributed by atoms with Gasteiger partial charge in [0.1, 0.15) is 0 Å². The fraction of sp³-hybridized carbons (Fsp3) is 0.381. The molecular weight excluding hydrogens is 440 g/mol. The van der Waals surface area contributed by atoms with Crippen LogP contribution >= 0.6 is 23.5 Å². The summed E-state index contributed by atoms with van der Waals surface area (Å²) >= 11 is 3.88. The van der Waals surface area contributed by atoms with Gasteiger partial charge < -0.3 is 10.1 Å². The van der Waals surface area contributed by atoms with Crippen molar-refractivity contribution >= 4 is 45.1 Å². The summed E-state index contributed by atoms with van der Waals surface area (Å²) < 4.78 is 32.8. The number of hydrogen-bond acceptors (Lipinski definition) is 6. The molecule has 1 amide bonds. The van der Waals surface area contributed by atoms with Gasteiger partial charge in [-0.2, -0.15) is 4.31 Å². The average Bonchev–Trinajstić information content (AvgIpc) is 2.80. The highest BCUT2D eigenvalue weighted by molar-refractivity contribution is 8.16. The summed E-state index contributed by atoms with van der Waals surface area (Å²) in [6.07, 6.45) is 1.24. The highest BCUT2D eigenvalue weighted by Gasteiger charge is 2.26. The Hall–Kier alpha value is -1.52. The summed E-state index contributed by atoms with van der Waals surface area (Å²) in [4.78, 5) is 12.8. The first-order valence-corrected chi connectivity index (χ1v) is 13.4. The molecule has 2 aromatic rings. The Balaban J connectivity index is 1.45. The first-order valence-electron chi connectivity index (χ1n) is 9.86. The number of thioether (sulfide) groups is 2. The van der Waals surface area contributed by atoms with Gasteiger partial charge in [-0.25, -0.2) is 8.42 Å². The average molecular weight is 465 g/mol. The summed E-state index contributed by atoms with van der Waals surface area (Å²) in [5.41, 5.74) is 2.22. The SMILES string of the molecule is O=C(Nc1cccc(S(=O)(=O)N2CCOCC2)c1)c1ccc(C2SCCCS2)cc1. The van der Waals surface area contributed by atoms with Gasteiger partial charge >= 0.3 is 0 Å². The summed E-state index contributed by atoms with van der Waals surface area (Å²) in [6.45, 7) is 1.46. The number of ether oxygens (including phenoxy) is 1. The van der Waals surface area contributed by atoms with Crippen LogP contribution in [-0.2, 0) is 14.8 Å². The third-order valence-electron chi connectivity index (χ3n) is 4.97. The van der Waals surface area contributed by atoms with Crippen molar-refractivity contribution in [2.24, 2.45) is 0 Å². The number of morpholine rings is 1. The van der Waals surface area contributed by atoms with Crippen molar-refractivity contribution in [1.29, 1.82) is 0 Å². The number of carbonyl (C=O) groups excluding carboxylic acids is 1. The minimum absolute atomic E-state index is 0.170. The molecule has 30 heavy (non-hydrogen) atoms. The molecule has 0 radical (unpaired) electrons. The Kier molecular flexibility index (Phi) is 7.05. The number of benzene rings is 2. The number of anilines is 1. The molecule has 2 saturated heterocycles. The van der Waals surface area contributed by atoms with E-state index in [0.717, 1.165) is 0 Å². The minimum Gasteiger partial charge on any atom is -0.379 e. The van der Waals surface area contributed by atoms with Crippen molar-refractivity contribution in [3.63, 3.8) is 0 Å². The van der Waals surface area contributed by atoms with Crippen LogP contribution in [0.25, 0.3) is 0 Å². The van der Waals surface area contributed by atoms with E-state index in [1.165, 1.54) is 33.9 Å². The van der Waals surface area contributed by atoms with Gasteiger partial charge in [-0.05, 0) is 53.8 Å². The molecule has 6 nitrogen and oxygen atoms in total. The monoisotopic (exact) mass is 464 g/mol. The lowest BCUT2D eigenvalue weighted by molar-refractivity contribution is 0.0730. The van der Waals surface area contributed by atoms with Gasteiger partial charge in [0.05, 0.1) is 22.7 Å². The first kappa shape index (κ1) is 21.7. The lowest BCUT2D eigenvalue weighted by Crippen LogP contribution is -2.40. The molecule has 0 aromatic heterocycles. The quantitative estimate of drug-likeness (QED) is 0.725. The highest BCUT2D eigenvalue weighted by Crippen LogP contribution is 2.43. The third kappa shape index (κ3) is 5.03. The molecule has 9 heteroatoms. The smallest absolute Gasteiger partial charge is 0.255 e. The number of rotatable bonds is 5. The standard InChI is InChI=1S/C21H24N2O4S3/c24-20(16-5-7-17(8-6-16)21-28-13-2-14-29-21)22-18-3-1-4-19(15-18)30(25,26)23-9-11-27-12-10-23/h1,3-8,15,21H,2,9-14H2,(H,22,24). The molecule has 4 rings (SSSR count). The number of hydrogen-bond donors (Lipinski definition) is 1. The van der Waals surface area contributed by atoms with Crippen molar-refractivity contribution in [3.8, 4) is 0 Å². The van der Waals surface area contributed by atoms with Crippen LogP contribution in [-0.4, -0.2) is 56.4 Å². The first-order chi connectivity index (χ1) is 14.5. The van der Waals surface area contributed by atoms with E-state index >= 15 is 0 Å². The Morgan fingerprint density at radius 2 is 1.73 bits per heavy atom. The second kappa shape index (κ2) is 9.74.